The maximum absolute atomic E-state index is 13.5. The minimum absolute atomic E-state index is 0. The number of rotatable bonds is 6. The molecular formula is C24H29ClF2N8O. The lowest BCUT2D eigenvalue weighted by molar-refractivity contribution is 0.141. The average Bonchev–Trinajstić information content (AvgIpc) is 3.16. The lowest BCUT2D eigenvalue weighted by atomic mass is 10.2. The number of benzene rings is 1. The highest BCUT2D eigenvalue weighted by molar-refractivity contribution is 5.85. The van der Waals surface area contributed by atoms with Crippen LogP contribution in [0.2, 0.25) is 0 Å². The summed E-state index contributed by atoms with van der Waals surface area (Å²) < 4.78 is 28.7. The third-order valence-electron chi connectivity index (χ3n) is 6.39. The van der Waals surface area contributed by atoms with Crippen LogP contribution in [0.4, 0.5) is 26.1 Å². The largest absolute Gasteiger partial charge is 0.389 e. The summed E-state index contributed by atoms with van der Waals surface area (Å²) >= 11 is 0. The number of nitrogens with two attached hydrogens (primary N) is 1. The Morgan fingerprint density at radius 2 is 1.72 bits per heavy atom. The number of aromatic nitrogens is 4. The monoisotopic (exact) mass is 518 g/mol. The van der Waals surface area contributed by atoms with Crippen LogP contribution in [0.5, 0.6) is 0 Å². The van der Waals surface area contributed by atoms with Gasteiger partial charge in [0.05, 0.1) is 18.0 Å². The fourth-order valence-electron chi connectivity index (χ4n) is 4.37. The molecule has 0 radical (unpaired) electrons. The first kappa shape index (κ1) is 25.8. The van der Waals surface area contributed by atoms with Crippen LogP contribution < -0.4 is 15.5 Å². The Balaban J connectivity index is 0.00000304. The van der Waals surface area contributed by atoms with Crippen LogP contribution in [0, 0.1) is 18.6 Å². The highest BCUT2D eigenvalue weighted by Gasteiger charge is 2.26. The van der Waals surface area contributed by atoms with Gasteiger partial charge in [-0.2, -0.15) is 15.1 Å². The van der Waals surface area contributed by atoms with Crippen LogP contribution in [-0.4, -0.2) is 81.7 Å². The van der Waals surface area contributed by atoms with Crippen molar-refractivity contribution >= 4 is 35.8 Å². The molecule has 0 spiro atoms. The minimum Gasteiger partial charge on any atom is -0.389 e. The highest BCUT2D eigenvalue weighted by atomic mass is 35.5. The zero-order valence-electron chi connectivity index (χ0n) is 19.9. The van der Waals surface area contributed by atoms with Crippen molar-refractivity contribution in [3.05, 3.63) is 59.4 Å². The molecule has 0 bridgehead atoms. The fourth-order valence-corrected chi connectivity index (χ4v) is 4.37. The van der Waals surface area contributed by atoms with Crippen molar-refractivity contribution in [3.8, 4) is 5.95 Å². The molecule has 1 aromatic carbocycles. The van der Waals surface area contributed by atoms with Gasteiger partial charge in [-0.25, -0.2) is 13.5 Å². The molecule has 0 saturated carbocycles. The first-order valence-electron chi connectivity index (χ1n) is 11.6. The predicted octanol–water partition coefficient (Wildman–Crippen LogP) is 2.27. The number of hydrogen-bond acceptors (Lipinski definition) is 8. The number of β-amino-alcohol motifs (C(OH)–C–C–N with tert-alkyl or cyclic N) is 1. The lowest BCUT2D eigenvalue weighted by Gasteiger charge is -2.36. The second-order valence-corrected chi connectivity index (χ2v) is 8.92. The second kappa shape index (κ2) is 10.8. The van der Waals surface area contributed by atoms with Gasteiger partial charge < -0.3 is 20.6 Å². The first-order valence-corrected chi connectivity index (χ1v) is 11.6. The van der Waals surface area contributed by atoms with Gasteiger partial charge in [0.2, 0.25) is 0 Å². The van der Waals surface area contributed by atoms with E-state index in [0.29, 0.717) is 49.5 Å². The number of nitrogen functional groups attached to an aromatic ring is 1. The van der Waals surface area contributed by atoms with Crippen molar-refractivity contribution in [2.75, 3.05) is 61.3 Å². The Bertz CT molecular complexity index is 1220. The fraction of sp³-hybridized carbons (Fsp3) is 0.375. The molecule has 0 atom stereocenters. The number of aliphatic hydroxyl groups excluding tert-OH is 1. The SMILES string of the molecule is Cc1c(/C=C/CN2CCN(c3cc(F)cc(F)c3)CC2)cnn1-c1nc(N)cc(N2CC(O)C2)n1.Cl. The normalized spacial score (nSPS) is 16.9. The Morgan fingerprint density at radius 3 is 2.39 bits per heavy atom. The Hall–Kier alpha value is -3.28. The lowest BCUT2D eigenvalue weighted by Crippen LogP contribution is -2.51. The van der Waals surface area contributed by atoms with Gasteiger partial charge in [-0.15, -0.1) is 12.4 Å². The van der Waals surface area contributed by atoms with Gasteiger partial charge in [-0.3, -0.25) is 4.90 Å². The molecule has 36 heavy (non-hydrogen) atoms. The molecule has 2 fully saturated rings. The van der Waals surface area contributed by atoms with Gasteiger partial charge in [0.25, 0.3) is 5.95 Å². The molecule has 2 aliphatic heterocycles. The van der Waals surface area contributed by atoms with E-state index in [1.165, 1.54) is 12.1 Å². The standard InChI is InChI=1S/C24H28F2N8O.ClH/c1-16-17(13-28-34(16)24-29-22(27)12-23(30-24)33-14-21(35)15-33)3-2-4-31-5-7-32(8-6-31)20-10-18(25)9-19(26)11-20;/h2-3,9-13,21,35H,4-8,14-15H2,1H3,(H2,27,29,30);1H/b3-2+;. The van der Waals surface area contributed by atoms with Crippen molar-refractivity contribution in [1.29, 1.82) is 0 Å². The van der Waals surface area contributed by atoms with Gasteiger partial charge in [0, 0.05) is 69.2 Å². The molecule has 4 heterocycles. The molecule has 0 aliphatic carbocycles. The summed E-state index contributed by atoms with van der Waals surface area (Å²) in [5.41, 5.74) is 8.41. The van der Waals surface area contributed by atoms with Crippen LogP contribution in [0.15, 0.2) is 36.5 Å². The summed E-state index contributed by atoms with van der Waals surface area (Å²) in [5, 5.41) is 14.0. The van der Waals surface area contributed by atoms with E-state index < -0.39 is 11.6 Å². The van der Waals surface area contributed by atoms with Crippen molar-refractivity contribution in [3.63, 3.8) is 0 Å². The van der Waals surface area contributed by atoms with Crippen molar-refractivity contribution in [1.82, 2.24) is 24.6 Å². The molecule has 5 rings (SSSR count). The van der Waals surface area contributed by atoms with E-state index >= 15 is 0 Å². The molecule has 3 N–H and O–H groups in total. The van der Waals surface area contributed by atoms with Gasteiger partial charge in [0.1, 0.15) is 23.3 Å². The summed E-state index contributed by atoms with van der Waals surface area (Å²) in [6, 6.07) is 5.33. The van der Waals surface area contributed by atoms with Gasteiger partial charge in [0.15, 0.2) is 0 Å². The predicted molar refractivity (Wildman–Crippen MR) is 138 cm³/mol. The molecule has 3 aromatic rings. The maximum Gasteiger partial charge on any atom is 0.254 e. The van der Waals surface area contributed by atoms with Crippen molar-refractivity contribution < 1.29 is 13.9 Å². The van der Waals surface area contributed by atoms with Crippen molar-refractivity contribution in [2.24, 2.45) is 0 Å². The van der Waals surface area contributed by atoms with E-state index in [1.807, 2.05) is 22.8 Å². The second-order valence-electron chi connectivity index (χ2n) is 8.92. The van der Waals surface area contributed by atoms with E-state index in [1.54, 1.807) is 16.9 Å². The maximum atomic E-state index is 13.5. The molecule has 0 amide bonds. The summed E-state index contributed by atoms with van der Waals surface area (Å²) in [5.74, 6) is 0.299. The number of anilines is 3. The van der Waals surface area contributed by atoms with E-state index in [4.69, 9.17) is 5.73 Å². The van der Waals surface area contributed by atoms with Crippen molar-refractivity contribution in [2.45, 2.75) is 13.0 Å². The van der Waals surface area contributed by atoms with Crippen LogP contribution in [0.1, 0.15) is 11.3 Å². The van der Waals surface area contributed by atoms with Crippen LogP contribution in [-0.2, 0) is 0 Å². The Labute approximate surface area is 214 Å². The molecule has 2 aromatic heterocycles. The van der Waals surface area contributed by atoms with Gasteiger partial charge in [-0.1, -0.05) is 12.2 Å². The Morgan fingerprint density at radius 1 is 1.03 bits per heavy atom. The average molecular weight is 519 g/mol. The number of halogens is 3. The third kappa shape index (κ3) is 5.58. The highest BCUT2D eigenvalue weighted by Crippen LogP contribution is 2.23. The van der Waals surface area contributed by atoms with E-state index in [0.717, 1.165) is 37.0 Å². The van der Waals surface area contributed by atoms with E-state index in [-0.39, 0.29) is 18.5 Å². The Kier molecular flexibility index (Phi) is 7.72. The van der Waals surface area contributed by atoms with E-state index in [9.17, 15) is 13.9 Å². The summed E-state index contributed by atoms with van der Waals surface area (Å²) in [4.78, 5) is 15.1. The van der Waals surface area contributed by atoms with E-state index in [2.05, 4.69) is 26.0 Å². The quantitative estimate of drug-likeness (QED) is 0.513. The molecule has 9 nitrogen and oxygen atoms in total. The zero-order valence-corrected chi connectivity index (χ0v) is 20.7. The summed E-state index contributed by atoms with van der Waals surface area (Å²) in [7, 11) is 0. The summed E-state index contributed by atoms with van der Waals surface area (Å²) in [6.45, 7) is 6.76. The third-order valence-corrected chi connectivity index (χ3v) is 6.39. The number of nitrogens with zero attached hydrogens (tertiary/aromatic N) is 7. The molecule has 0 unspecified atom stereocenters. The number of piperazine rings is 1. The number of aliphatic hydroxyl groups is 1. The number of hydrogen-bond donors (Lipinski definition) is 2. The topological polar surface area (TPSA) is 99.6 Å². The molecule has 2 saturated heterocycles. The smallest absolute Gasteiger partial charge is 0.254 e. The molecule has 192 valence electrons. The molecular weight excluding hydrogens is 490 g/mol. The summed E-state index contributed by atoms with van der Waals surface area (Å²) in [6.07, 6.45) is 5.53. The first-order chi connectivity index (χ1) is 16.9. The zero-order chi connectivity index (χ0) is 24.5. The minimum atomic E-state index is -0.555. The molecule has 2 aliphatic rings. The van der Waals surface area contributed by atoms with Crippen LogP contribution in [0.3, 0.4) is 0 Å². The van der Waals surface area contributed by atoms with Crippen LogP contribution in [0.25, 0.3) is 12.0 Å². The van der Waals surface area contributed by atoms with Gasteiger partial charge >= 0.3 is 0 Å². The van der Waals surface area contributed by atoms with Gasteiger partial charge in [-0.05, 0) is 19.1 Å². The molecule has 12 heteroatoms. The van der Waals surface area contributed by atoms with Crippen LogP contribution >= 0.6 is 12.4 Å².